The zero-order valence-corrected chi connectivity index (χ0v) is 67.6. The number of carbonyl (C=O) groups excluding carboxylic acids is 4. The molecule has 3 N–H and O–H groups in total. The Kier molecular flexibility index (Phi) is 68.7. The van der Waals surface area contributed by atoms with Gasteiger partial charge in [0.25, 0.3) is 0 Å². The van der Waals surface area contributed by atoms with Crippen molar-refractivity contribution in [3.05, 3.63) is 0 Å². The average Bonchev–Trinajstić information content (AvgIpc) is 0.937. The summed E-state index contributed by atoms with van der Waals surface area (Å²) >= 11 is 0. The molecule has 594 valence electrons. The summed E-state index contributed by atoms with van der Waals surface area (Å²) in [5.74, 6) is 1.02. The molecule has 0 saturated heterocycles. The van der Waals surface area contributed by atoms with Crippen LogP contribution < -0.4 is 0 Å². The molecular formula is C81H158O17P2. The van der Waals surface area contributed by atoms with Crippen LogP contribution in [0.4, 0.5) is 0 Å². The monoisotopic (exact) mass is 1470 g/mol. The lowest BCUT2D eigenvalue weighted by Gasteiger charge is -2.21. The van der Waals surface area contributed by atoms with Crippen molar-refractivity contribution in [1.29, 1.82) is 0 Å². The maximum atomic E-state index is 13.1. The van der Waals surface area contributed by atoms with E-state index in [1.165, 1.54) is 212 Å². The number of carbonyl (C=O) groups is 4. The van der Waals surface area contributed by atoms with Gasteiger partial charge in [-0.2, -0.15) is 0 Å². The van der Waals surface area contributed by atoms with Crippen LogP contribution in [0.1, 0.15) is 415 Å². The number of esters is 4. The number of aliphatic hydroxyl groups is 1. The molecule has 0 aliphatic rings. The summed E-state index contributed by atoms with van der Waals surface area (Å²) in [6.07, 6.45) is 56.9. The first-order valence-electron chi connectivity index (χ1n) is 41.8. The third kappa shape index (κ3) is 71.7. The number of hydrogen-bond donors (Lipinski definition) is 3. The number of ether oxygens (including phenoxy) is 4. The second kappa shape index (κ2) is 70.1. The maximum Gasteiger partial charge on any atom is 0.472 e. The lowest BCUT2D eigenvalue weighted by Crippen LogP contribution is -2.30. The molecule has 0 saturated carbocycles. The Morgan fingerprint density at radius 3 is 0.710 bits per heavy atom. The highest BCUT2D eigenvalue weighted by Crippen LogP contribution is 2.45. The lowest BCUT2D eigenvalue weighted by atomic mass is 9.99. The van der Waals surface area contributed by atoms with Gasteiger partial charge in [-0.1, -0.05) is 364 Å². The van der Waals surface area contributed by atoms with Gasteiger partial charge in [-0.05, 0) is 49.4 Å². The van der Waals surface area contributed by atoms with Crippen molar-refractivity contribution in [2.75, 3.05) is 39.6 Å². The van der Waals surface area contributed by atoms with Crippen LogP contribution in [0.5, 0.6) is 0 Å². The highest BCUT2D eigenvalue weighted by atomic mass is 31.2. The molecule has 0 spiro atoms. The fourth-order valence-electron chi connectivity index (χ4n) is 12.4. The molecular weight excluding hydrogens is 1310 g/mol. The molecule has 19 heteroatoms. The van der Waals surface area contributed by atoms with Gasteiger partial charge in [0, 0.05) is 25.7 Å². The van der Waals surface area contributed by atoms with Crippen molar-refractivity contribution in [2.24, 2.45) is 23.7 Å². The molecule has 0 fully saturated rings. The molecule has 100 heavy (non-hydrogen) atoms. The molecule has 17 nitrogen and oxygen atoms in total. The largest absolute Gasteiger partial charge is 0.472 e. The van der Waals surface area contributed by atoms with E-state index in [1.807, 2.05) is 0 Å². The topological polar surface area (TPSA) is 237 Å². The van der Waals surface area contributed by atoms with Crippen molar-refractivity contribution >= 4 is 39.5 Å². The van der Waals surface area contributed by atoms with Crippen LogP contribution in [0.15, 0.2) is 0 Å². The number of phosphoric acid groups is 2. The van der Waals surface area contributed by atoms with Crippen molar-refractivity contribution in [2.45, 2.75) is 433 Å². The Morgan fingerprint density at radius 1 is 0.280 bits per heavy atom. The van der Waals surface area contributed by atoms with Gasteiger partial charge in [-0.25, -0.2) is 9.13 Å². The Hall–Kier alpha value is -1.94. The van der Waals surface area contributed by atoms with Crippen LogP contribution in [0, 0.1) is 23.7 Å². The molecule has 0 bridgehead atoms. The second-order valence-corrected chi connectivity index (χ2v) is 33.5. The van der Waals surface area contributed by atoms with E-state index in [1.54, 1.807) is 0 Å². The Labute approximate surface area is 613 Å². The van der Waals surface area contributed by atoms with Gasteiger partial charge in [0.05, 0.1) is 26.4 Å². The van der Waals surface area contributed by atoms with E-state index in [9.17, 15) is 43.2 Å². The van der Waals surface area contributed by atoms with E-state index in [4.69, 9.17) is 37.0 Å². The fraction of sp³-hybridized carbons (Fsp3) is 0.951. The predicted octanol–water partition coefficient (Wildman–Crippen LogP) is 24.0. The van der Waals surface area contributed by atoms with Crippen molar-refractivity contribution in [1.82, 2.24) is 0 Å². The van der Waals surface area contributed by atoms with Gasteiger partial charge >= 0.3 is 39.5 Å². The van der Waals surface area contributed by atoms with Crippen molar-refractivity contribution in [3.63, 3.8) is 0 Å². The molecule has 0 aromatic heterocycles. The molecule has 0 aliphatic carbocycles. The first-order valence-corrected chi connectivity index (χ1v) is 44.8. The molecule has 0 heterocycles. The van der Waals surface area contributed by atoms with Gasteiger partial charge in [-0.3, -0.25) is 37.3 Å². The van der Waals surface area contributed by atoms with Crippen LogP contribution in [0.2, 0.25) is 0 Å². The molecule has 7 atom stereocenters. The first-order chi connectivity index (χ1) is 48.2. The normalized spacial score (nSPS) is 14.6. The van der Waals surface area contributed by atoms with E-state index in [-0.39, 0.29) is 25.7 Å². The number of phosphoric ester groups is 2. The standard InChI is InChI=1S/C81H158O17P2/c1-9-73(7)59-51-43-35-29-25-26-30-36-45-53-61-78(83)91-67-76(97-80(85)63-55-47-37-31-23-18-16-14-12-11-13-15-17-21-27-33-41-49-57-71(3)4)69-95-99(87,88)93-65-75(82)66-94-100(89,90)96-70-77(68-92-79(84)62-54-46-40-39-44-52-60-74(8)10-2)98-81(86)64-56-48-38-32-24-20-19-22-28-34-42-50-58-72(5)6/h71-77,82H,9-70H2,1-8H3,(H,87,88)(H,89,90)/t73?,74?,75-,76-,77-/m1/s1. The maximum absolute atomic E-state index is 13.1. The third-order valence-electron chi connectivity index (χ3n) is 19.5. The van der Waals surface area contributed by atoms with Crippen molar-refractivity contribution < 1.29 is 80.2 Å². The van der Waals surface area contributed by atoms with Gasteiger partial charge in [0.1, 0.15) is 19.3 Å². The van der Waals surface area contributed by atoms with Crippen LogP contribution in [0.25, 0.3) is 0 Å². The lowest BCUT2D eigenvalue weighted by molar-refractivity contribution is -0.161. The number of aliphatic hydroxyl groups excluding tert-OH is 1. The molecule has 4 unspecified atom stereocenters. The van der Waals surface area contributed by atoms with Crippen molar-refractivity contribution in [3.8, 4) is 0 Å². The highest BCUT2D eigenvalue weighted by Gasteiger charge is 2.30. The first kappa shape index (κ1) is 98.1. The number of rotatable bonds is 78. The minimum absolute atomic E-state index is 0.106. The van der Waals surface area contributed by atoms with Gasteiger partial charge in [-0.15, -0.1) is 0 Å². The zero-order chi connectivity index (χ0) is 73.8. The molecule has 0 aromatic carbocycles. The fourth-order valence-corrected chi connectivity index (χ4v) is 13.9. The van der Waals surface area contributed by atoms with E-state index in [2.05, 4.69) is 55.4 Å². The van der Waals surface area contributed by atoms with Gasteiger partial charge in [0.15, 0.2) is 12.2 Å². The van der Waals surface area contributed by atoms with Crippen LogP contribution >= 0.6 is 15.6 Å². The number of unbranched alkanes of at least 4 members (excludes halogenated alkanes) is 42. The minimum Gasteiger partial charge on any atom is -0.462 e. The molecule has 0 aromatic rings. The molecule has 0 aliphatic heterocycles. The summed E-state index contributed by atoms with van der Waals surface area (Å²) < 4.78 is 68.7. The molecule has 0 radical (unpaired) electrons. The molecule has 0 rings (SSSR count). The van der Waals surface area contributed by atoms with E-state index in [0.717, 1.165) is 120 Å². The third-order valence-corrected chi connectivity index (χ3v) is 21.4. The smallest absolute Gasteiger partial charge is 0.462 e. The van der Waals surface area contributed by atoms with Gasteiger partial charge in [0.2, 0.25) is 0 Å². The minimum atomic E-state index is -4.96. The quantitative estimate of drug-likeness (QED) is 0.0222. The summed E-state index contributed by atoms with van der Waals surface area (Å²) in [5.41, 5.74) is 0. The number of hydrogen-bond acceptors (Lipinski definition) is 15. The van der Waals surface area contributed by atoms with Crippen LogP contribution in [-0.4, -0.2) is 96.7 Å². The summed E-state index contributed by atoms with van der Waals surface area (Å²) in [6, 6.07) is 0. The highest BCUT2D eigenvalue weighted by molar-refractivity contribution is 7.47. The SMILES string of the molecule is CCC(C)CCCCCCCCCCCCC(=O)OC[C@H](COP(=O)(O)OC[C@@H](O)COP(=O)(O)OC[C@@H](COC(=O)CCCCCCCCC(C)CC)OC(=O)CCCCCCCCCCCCCCC(C)C)OC(=O)CCCCCCCCCCCCCCCCCCCCC(C)C. The summed E-state index contributed by atoms with van der Waals surface area (Å²) in [4.78, 5) is 73.0. The van der Waals surface area contributed by atoms with Crippen LogP contribution in [-0.2, 0) is 65.4 Å². The summed E-state index contributed by atoms with van der Waals surface area (Å²) in [6.45, 7) is 14.3. The Bertz CT molecular complexity index is 1960. The zero-order valence-electron chi connectivity index (χ0n) is 65.8. The Morgan fingerprint density at radius 2 is 0.480 bits per heavy atom. The molecule has 0 amide bonds. The second-order valence-electron chi connectivity index (χ2n) is 30.6. The van der Waals surface area contributed by atoms with E-state index in [0.29, 0.717) is 25.7 Å². The predicted molar refractivity (Wildman–Crippen MR) is 409 cm³/mol. The summed E-state index contributed by atoms with van der Waals surface area (Å²) in [7, 11) is -9.92. The van der Waals surface area contributed by atoms with E-state index >= 15 is 0 Å². The average molecular weight is 1470 g/mol. The summed E-state index contributed by atoms with van der Waals surface area (Å²) in [5, 5.41) is 10.6. The Balaban J connectivity index is 5.23. The van der Waals surface area contributed by atoms with E-state index < -0.39 is 97.5 Å². The van der Waals surface area contributed by atoms with Crippen LogP contribution in [0.3, 0.4) is 0 Å². The van der Waals surface area contributed by atoms with Gasteiger partial charge < -0.3 is 33.8 Å².